The first kappa shape index (κ1) is 84.7. The van der Waals surface area contributed by atoms with Gasteiger partial charge in [-0.15, -0.1) is 0 Å². The SMILES string of the molecule is N#Cc1ccc(-c2cc3c(oc4cccc(-c5ccc(-c6cc(-c7ccccc7)nc(-c7ccccc7)n6)cc5)c43)c3ccccc23)cc1.N#Cc1ccc(-c2cc3c(oc4cccc(-c5ccc6ccc7ccc(-c8ccccc8)nc7c6n5)c43)c3ccccc23)cc1.N#Cc1ccc(-c2cc3c(oc4cccc(-c5cccc(-c6cc(-c7ccccc7)nc(-c7ccccc7)n6)c5)c43)c3ccccc23)cc1. The van der Waals surface area contributed by atoms with Crippen LogP contribution < -0.4 is 0 Å². The lowest BCUT2D eigenvalue weighted by Gasteiger charge is -2.11. The first-order valence-corrected chi connectivity index (χ1v) is 47.3. The molecule has 0 aliphatic rings. The molecule has 12 nitrogen and oxygen atoms in total. The van der Waals surface area contributed by atoms with Crippen LogP contribution >= 0.6 is 0 Å². The maximum atomic E-state index is 9.40. The number of benzene rings is 20. The first-order chi connectivity index (χ1) is 70.7. The second-order valence-electron chi connectivity index (χ2n) is 35.5. The van der Waals surface area contributed by atoms with Crippen LogP contribution in [0.5, 0.6) is 0 Å². The maximum absolute atomic E-state index is 9.40. The predicted molar refractivity (Wildman–Crippen MR) is 580 cm³/mol. The molecular formula is C131H77N9O3. The molecule has 0 amide bonds. The Bertz CT molecular complexity index is 9720. The average molecular weight is 1830 g/mol. The lowest BCUT2D eigenvalue weighted by molar-refractivity contribution is 0.672. The number of aromatic nitrogens is 6. The molecule has 7 aromatic heterocycles. The van der Waals surface area contributed by atoms with E-state index < -0.39 is 0 Å². The van der Waals surface area contributed by atoms with Crippen molar-refractivity contribution >= 4 is 120 Å². The van der Waals surface area contributed by atoms with E-state index >= 15 is 0 Å². The molecule has 0 saturated heterocycles. The van der Waals surface area contributed by atoms with E-state index in [1.807, 2.05) is 218 Å². The van der Waals surface area contributed by atoms with Gasteiger partial charge in [0.1, 0.15) is 33.5 Å². The Morgan fingerprint density at radius 2 is 0.441 bits per heavy atom. The summed E-state index contributed by atoms with van der Waals surface area (Å²) in [6, 6.07) is 165. The number of hydrogen-bond acceptors (Lipinski definition) is 12. The second-order valence-corrected chi connectivity index (χ2v) is 35.5. The van der Waals surface area contributed by atoms with E-state index in [1.165, 1.54) is 0 Å². The van der Waals surface area contributed by atoms with Crippen molar-refractivity contribution in [1.82, 2.24) is 29.9 Å². The summed E-state index contributed by atoms with van der Waals surface area (Å²) in [4.78, 5) is 30.4. The van der Waals surface area contributed by atoms with Crippen molar-refractivity contribution in [2.45, 2.75) is 0 Å². The normalized spacial score (nSPS) is 11.3. The minimum atomic E-state index is 0.639. The Morgan fingerprint density at radius 1 is 0.168 bits per heavy atom. The molecule has 0 saturated carbocycles. The van der Waals surface area contributed by atoms with Crippen LogP contribution in [0.1, 0.15) is 16.7 Å². The summed E-state index contributed by atoms with van der Waals surface area (Å²) in [6.45, 7) is 0. The van der Waals surface area contributed by atoms with E-state index in [-0.39, 0.29) is 0 Å². The third-order valence-corrected chi connectivity index (χ3v) is 27.0. The summed E-state index contributed by atoms with van der Waals surface area (Å²) in [5, 5.41) is 43.0. The summed E-state index contributed by atoms with van der Waals surface area (Å²) < 4.78 is 19.8. The van der Waals surface area contributed by atoms with Crippen LogP contribution in [0.15, 0.2) is 480 Å². The quantitative estimate of drug-likeness (QED) is 0.0995. The van der Waals surface area contributed by atoms with Gasteiger partial charge >= 0.3 is 0 Å². The topological polar surface area (TPSA) is 188 Å². The van der Waals surface area contributed by atoms with E-state index in [0.717, 1.165) is 254 Å². The van der Waals surface area contributed by atoms with Gasteiger partial charge < -0.3 is 13.3 Å². The Morgan fingerprint density at radius 3 is 0.832 bits per heavy atom. The number of furan rings is 3. The molecule has 0 atom stereocenters. The van der Waals surface area contributed by atoms with Crippen LogP contribution in [0.2, 0.25) is 0 Å². The van der Waals surface area contributed by atoms with Gasteiger partial charge in [0.2, 0.25) is 0 Å². The third-order valence-electron chi connectivity index (χ3n) is 27.0. The molecule has 143 heavy (non-hydrogen) atoms. The highest BCUT2D eigenvalue weighted by Gasteiger charge is 2.25. The molecule has 0 spiro atoms. The number of fused-ring (bicyclic) bond motifs is 18. The van der Waals surface area contributed by atoms with Gasteiger partial charge in [-0.1, -0.05) is 364 Å². The van der Waals surface area contributed by atoms with Gasteiger partial charge in [-0.05, 0) is 175 Å². The third kappa shape index (κ3) is 15.8. The summed E-state index contributed by atoms with van der Waals surface area (Å²) in [6.07, 6.45) is 0. The van der Waals surface area contributed by atoms with E-state index in [1.54, 1.807) is 0 Å². The van der Waals surface area contributed by atoms with Crippen molar-refractivity contribution < 1.29 is 13.3 Å². The summed E-state index contributed by atoms with van der Waals surface area (Å²) >= 11 is 0. The predicted octanol–water partition coefficient (Wildman–Crippen LogP) is 34.2. The van der Waals surface area contributed by atoms with E-state index in [2.05, 4.69) is 267 Å². The Hall–Kier alpha value is -20.0. The minimum Gasteiger partial charge on any atom is -0.455 e. The lowest BCUT2D eigenvalue weighted by atomic mass is 9.92. The van der Waals surface area contributed by atoms with Gasteiger partial charge in [0.15, 0.2) is 11.6 Å². The minimum absolute atomic E-state index is 0.639. The number of pyridine rings is 2. The number of hydrogen-bond donors (Lipinski definition) is 0. The molecule has 20 aromatic carbocycles. The van der Waals surface area contributed by atoms with Crippen molar-refractivity contribution in [1.29, 1.82) is 15.8 Å². The van der Waals surface area contributed by atoms with Crippen LogP contribution in [0.3, 0.4) is 0 Å². The molecule has 0 aliphatic carbocycles. The first-order valence-electron chi connectivity index (χ1n) is 47.3. The molecule has 0 unspecified atom stereocenters. The fourth-order valence-corrected chi connectivity index (χ4v) is 20.0. The number of rotatable bonds is 13. The molecule has 0 bridgehead atoms. The Kier molecular flexibility index (Phi) is 21.5. The smallest absolute Gasteiger partial charge is 0.160 e. The molecule has 27 aromatic rings. The highest BCUT2D eigenvalue weighted by Crippen LogP contribution is 2.49. The molecule has 664 valence electrons. The molecule has 0 N–H and O–H groups in total. The van der Waals surface area contributed by atoms with Gasteiger partial charge in [0.05, 0.1) is 80.1 Å². The molecule has 7 heterocycles. The molecular weight excluding hydrogens is 1750 g/mol. The molecule has 0 fully saturated rings. The summed E-state index contributed by atoms with van der Waals surface area (Å²) in [5.41, 5.74) is 32.9. The summed E-state index contributed by atoms with van der Waals surface area (Å²) in [7, 11) is 0. The lowest BCUT2D eigenvalue weighted by Crippen LogP contribution is -1.96. The van der Waals surface area contributed by atoms with Gasteiger partial charge in [-0.3, -0.25) is 0 Å². The molecule has 0 radical (unpaired) electrons. The second kappa shape index (κ2) is 36.3. The largest absolute Gasteiger partial charge is 0.455 e. The molecule has 12 heteroatoms. The zero-order valence-corrected chi connectivity index (χ0v) is 76.7. The van der Waals surface area contributed by atoms with Crippen LogP contribution in [-0.4, -0.2) is 29.9 Å². The zero-order chi connectivity index (χ0) is 95.4. The number of nitriles is 3. The molecule has 0 aliphatic heterocycles. The van der Waals surface area contributed by atoms with E-state index in [9.17, 15) is 15.8 Å². The molecule has 27 rings (SSSR count). The summed E-state index contributed by atoms with van der Waals surface area (Å²) in [5.74, 6) is 1.38. The fourth-order valence-electron chi connectivity index (χ4n) is 20.0. The van der Waals surface area contributed by atoms with E-state index in [4.69, 9.17) is 43.2 Å². The van der Waals surface area contributed by atoms with Crippen LogP contribution in [0, 0.1) is 34.0 Å². The maximum Gasteiger partial charge on any atom is 0.160 e. The average Bonchev–Trinajstić information content (AvgIpc) is 1.59. The van der Waals surface area contributed by atoms with Gasteiger partial charge in [0, 0.05) is 104 Å². The van der Waals surface area contributed by atoms with Crippen molar-refractivity contribution in [3.8, 4) is 164 Å². The highest BCUT2D eigenvalue weighted by atomic mass is 16.3. The zero-order valence-electron chi connectivity index (χ0n) is 76.7. The van der Waals surface area contributed by atoms with E-state index in [0.29, 0.717) is 28.3 Å². The Labute approximate surface area is 821 Å². The van der Waals surface area contributed by atoms with Gasteiger partial charge in [0.25, 0.3) is 0 Å². The fraction of sp³-hybridized carbons (Fsp3) is 0. The van der Waals surface area contributed by atoms with Crippen LogP contribution in [-0.2, 0) is 0 Å². The van der Waals surface area contributed by atoms with Crippen molar-refractivity contribution in [2.24, 2.45) is 0 Å². The van der Waals surface area contributed by atoms with Crippen molar-refractivity contribution in [3.63, 3.8) is 0 Å². The monoisotopic (exact) mass is 1820 g/mol. The van der Waals surface area contributed by atoms with Crippen molar-refractivity contribution in [3.05, 3.63) is 484 Å². The van der Waals surface area contributed by atoms with Crippen LogP contribution in [0.25, 0.3) is 266 Å². The Balaban J connectivity index is 0.000000113. The standard InChI is InChI=1S/2C45H27N3O.C41H23N3O/c46-28-29-21-23-30(24-22-29)38-26-39-43-35(19-10-20-42(43)49-44(39)37-18-8-7-17-36(37)38)33-15-9-16-34(25-33)41-27-40(31-11-3-1-4-12-31)47-45(48-41)32-13-5-2-6-14-32;46-28-29-18-20-31(21-19-29)38-26-39-43-35(16-9-17-42(43)49-44(39)37-15-8-7-14-36(37)38)30-22-24-33(25-23-30)41-27-40(32-10-3-1-4-11-32)47-45(48-41)34-12-5-2-6-13-34;42-24-25-13-15-26(16-14-25)33-23-34-38-32(11-6-12-37(38)45-41(34)31-10-5-4-9-30(31)33)36-22-20-29-18-17-28-19-21-35(27-7-2-1-3-8-27)43-39(28)40(29)44-36/h2*1-27H;1-23H. The highest BCUT2D eigenvalue weighted by molar-refractivity contribution is 6.26. The number of nitrogens with zero attached hydrogens (tertiary/aromatic N) is 9. The van der Waals surface area contributed by atoms with Gasteiger partial charge in [-0.25, -0.2) is 29.9 Å². The van der Waals surface area contributed by atoms with Crippen molar-refractivity contribution in [2.75, 3.05) is 0 Å². The van der Waals surface area contributed by atoms with Gasteiger partial charge in [-0.2, -0.15) is 15.8 Å². The van der Waals surface area contributed by atoms with Crippen LogP contribution in [0.4, 0.5) is 0 Å².